The first-order chi connectivity index (χ1) is 5.43. The van der Waals surface area contributed by atoms with Gasteiger partial charge < -0.3 is 0 Å². The Morgan fingerprint density at radius 2 is 1.91 bits per heavy atom. The Labute approximate surface area is 74.0 Å². The molecule has 11 heavy (non-hydrogen) atoms. The van der Waals surface area contributed by atoms with Crippen molar-refractivity contribution in [3.8, 4) is 0 Å². The summed E-state index contributed by atoms with van der Waals surface area (Å²) >= 11 is 0. The van der Waals surface area contributed by atoms with Gasteiger partial charge in [-0.05, 0) is 12.1 Å². The molecule has 1 aromatic rings. The van der Waals surface area contributed by atoms with Gasteiger partial charge >= 0.3 is 0 Å². The molecule has 1 rings (SSSR count). The molecule has 0 radical (unpaired) electrons. The Kier molecular flexibility index (Phi) is 4.47. The molecule has 3 heteroatoms. The third-order valence-corrected chi connectivity index (χ3v) is 3.39. The molecule has 0 saturated carbocycles. The van der Waals surface area contributed by atoms with Crippen molar-refractivity contribution in [1.29, 1.82) is 0 Å². The van der Waals surface area contributed by atoms with E-state index in [1.54, 1.807) is 21.6 Å². The zero-order valence-electron chi connectivity index (χ0n) is 6.00. The van der Waals surface area contributed by atoms with E-state index >= 15 is 0 Å². The van der Waals surface area contributed by atoms with Gasteiger partial charge in [-0.25, -0.2) is 0 Å². The average Bonchev–Trinajstić information content (AvgIpc) is 2.07. The summed E-state index contributed by atoms with van der Waals surface area (Å²) in [4.78, 5) is 1.19. The van der Waals surface area contributed by atoms with Crippen LogP contribution in [0.5, 0.6) is 0 Å². The molecule has 0 unspecified atom stereocenters. The first-order valence-corrected chi connectivity index (χ1v) is 5.66. The smallest absolute Gasteiger partial charge is 0.0993 e. The van der Waals surface area contributed by atoms with Crippen molar-refractivity contribution in [3.63, 3.8) is 0 Å². The van der Waals surface area contributed by atoms with E-state index < -0.39 is 0 Å². The van der Waals surface area contributed by atoms with Gasteiger partial charge in [0.15, 0.2) is 0 Å². The summed E-state index contributed by atoms with van der Waals surface area (Å²) in [5, 5.41) is 0. The highest BCUT2D eigenvalue weighted by Crippen LogP contribution is 2.29. The molecule has 0 aliphatic heterocycles. The standard InChI is InChI=1S/C8H9FS2/c9-6-7-10-11-8-4-2-1-3-5-8/h1-5H,6-7H2. The van der Waals surface area contributed by atoms with Crippen LogP contribution in [0.25, 0.3) is 0 Å². The van der Waals surface area contributed by atoms with Gasteiger partial charge in [-0.3, -0.25) is 4.39 Å². The SMILES string of the molecule is FCCSSc1ccccc1. The Hall–Kier alpha value is -0.150. The Balaban J connectivity index is 2.28. The van der Waals surface area contributed by atoms with Crippen LogP contribution in [0.1, 0.15) is 0 Å². The van der Waals surface area contributed by atoms with E-state index in [-0.39, 0.29) is 6.67 Å². The molecular weight excluding hydrogens is 179 g/mol. The molecular formula is C8H9FS2. The van der Waals surface area contributed by atoms with E-state index in [0.717, 1.165) is 0 Å². The number of benzene rings is 1. The molecule has 0 bridgehead atoms. The van der Waals surface area contributed by atoms with Crippen molar-refractivity contribution in [2.45, 2.75) is 4.90 Å². The minimum absolute atomic E-state index is 0.246. The minimum atomic E-state index is -0.246. The lowest BCUT2D eigenvalue weighted by Gasteiger charge is -1.96. The number of halogens is 1. The fourth-order valence-corrected chi connectivity index (χ4v) is 2.35. The minimum Gasteiger partial charge on any atom is -0.250 e. The van der Waals surface area contributed by atoms with Gasteiger partial charge in [0.1, 0.15) is 0 Å². The molecule has 0 aliphatic carbocycles. The van der Waals surface area contributed by atoms with Gasteiger partial charge in [0.25, 0.3) is 0 Å². The first kappa shape index (κ1) is 8.94. The normalized spacial score (nSPS) is 9.91. The molecule has 0 amide bonds. The van der Waals surface area contributed by atoms with Crippen molar-refractivity contribution < 1.29 is 4.39 Å². The fraction of sp³-hybridized carbons (Fsp3) is 0.250. The second kappa shape index (κ2) is 5.49. The predicted octanol–water partition coefficient (Wildman–Crippen LogP) is 3.40. The molecule has 0 saturated heterocycles. The molecule has 0 heterocycles. The number of hydrogen-bond donors (Lipinski definition) is 0. The van der Waals surface area contributed by atoms with Crippen molar-refractivity contribution in [2.75, 3.05) is 12.4 Å². The number of hydrogen-bond acceptors (Lipinski definition) is 2. The van der Waals surface area contributed by atoms with E-state index in [1.807, 2.05) is 30.3 Å². The number of rotatable bonds is 4. The summed E-state index contributed by atoms with van der Waals surface area (Å²) < 4.78 is 11.7. The summed E-state index contributed by atoms with van der Waals surface area (Å²) in [6, 6.07) is 9.99. The highest BCUT2D eigenvalue weighted by Gasteiger charge is 1.91. The second-order valence-electron chi connectivity index (χ2n) is 1.91. The maximum Gasteiger partial charge on any atom is 0.0993 e. The lowest BCUT2D eigenvalue weighted by atomic mass is 10.4. The summed E-state index contributed by atoms with van der Waals surface area (Å²) in [5.41, 5.74) is 0. The van der Waals surface area contributed by atoms with E-state index in [9.17, 15) is 4.39 Å². The number of alkyl halides is 1. The highest BCUT2D eigenvalue weighted by atomic mass is 33.1. The largest absolute Gasteiger partial charge is 0.250 e. The van der Waals surface area contributed by atoms with Crippen molar-refractivity contribution in [1.82, 2.24) is 0 Å². The van der Waals surface area contributed by atoms with Crippen molar-refractivity contribution in [3.05, 3.63) is 30.3 Å². The molecule has 0 aromatic heterocycles. The van der Waals surface area contributed by atoms with Gasteiger partial charge in [0.05, 0.1) is 6.67 Å². The third kappa shape index (κ3) is 3.68. The Morgan fingerprint density at radius 1 is 1.18 bits per heavy atom. The van der Waals surface area contributed by atoms with E-state index in [1.165, 1.54) is 4.90 Å². The highest BCUT2D eigenvalue weighted by molar-refractivity contribution is 8.76. The van der Waals surface area contributed by atoms with Gasteiger partial charge in [0.2, 0.25) is 0 Å². The van der Waals surface area contributed by atoms with E-state index in [4.69, 9.17) is 0 Å². The molecule has 1 aromatic carbocycles. The van der Waals surface area contributed by atoms with Gasteiger partial charge in [-0.2, -0.15) is 0 Å². The summed E-state index contributed by atoms with van der Waals surface area (Å²) in [5.74, 6) is 0.569. The summed E-state index contributed by atoms with van der Waals surface area (Å²) in [7, 11) is 3.17. The van der Waals surface area contributed by atoms with Crippen LogP contribution in [0.3, 0.4) is 0 Å². The summed E-state index contributed by atoms with van der Waals surface area (Å²) in [6.45, 7) is -0.246. The third-order valence-electron chi connectivity index (χ3n) is 1.06. The molecule has 0 aliphatic rings. The van der Waals surface area contributed by atoms with Crippen LogP contribution in [-0.4, -0.2) is 12.4 Å². The lowest BCUT2D eigenvalue weighted by molar-refractivity contribution is 0.533. The summed E-state index contributed by atoms with van der Waals surface area (Å²) in [6.07, 6.45) is 0. The maximum atomic E-state index is 11.7. The maximum absolute atomic E-state index is 11.7. The van der Waals surface area contributed by atoms with Gasteiger partial charge in [-0.1, -0.05) is 39.8 Å². The average molecular weight is 188 g/mol. The second-order valence-corrected chi connectivity index (χ2v) is 4.40. The molecule has 0 spiro atoms. The van der Waals surface area contributed by atoms with E-state index in [2.05, 4.69) is 0 Å². The molecule has 60 valence electrons. The monoisotopic (exact) mass is 188 g/mol. The van der Waals surface area contributed by atoms with Crippen LogP contribution in [0.4, 0.5) is 4.39 Å². The quantitative estimate of drug-likeness (QED) is 0.524. The fourth-order valence-electron chi connectivity index (χ4n) is 0.617. The van der Waals surface area contributed by atoms with Crippen LogP contribution in [0, 0.1) is 0 Å². The molecule has 0 N–H and O–H groups in total. The van der Waals surface area contributed by atoms with Gasteiger partial charge in [0, 0.05) is 10.6 Å². The first-order valence-electron chi connectivity index (χ1n) is 3.34. The van der Waals surface area contributed by atoms with Crippen LogP contribution < -0.4 is 0 Å². The van der Waals surface area contributed by atoms with Crippen molar-refractivity contribution >= 4 is 21.6 Å². The Morgan fingerprint density at radius 3 is 2.55 bits per heavy atom. The zero-order chi connectivity index (χ0) is 7.94. The zero-order valence-corrected chi connectivity index (χ0v) is 7.63. The molecule has 0 nitrogen and oxygen atoms in total. The lowest BCUT2D eigenvalue weighted by Crippen LogP contribution is -1.74. The van der Waals surface area contributed by atoms with Crippen LogP contribution in [-0.2, 0) is 0 Å². The predicted molar refractivity (Wildman–Crippen MR) is 50.7 cm³/mol. The topological polar surface area (TPSA) is 0 Å². The van der Waals surface area contributed by atoms with E-state index in [0.29, 0.717) is 5.75 Å². The van der Waals surface area contributed by atoms with Gasteiger partial charge in [-0.15, -0.1) is 0 Å². The van der Waals surface area contributed by atoms with Crippen LogP contribution in [0.15, 0.2) is 35.2 Å². The van der Waals surface area contributed by atoms with Crippen LogP contribution >= 0.6 is 21.6 Å². The molecule has 0 atom stereocenters. The van der Waals surface area contributed by atoms with Crippen molar-refractivity contribution in [2.24, 2.45) is 0 Å². The molecule has 0 fully saturated rings. The van der Waals surface area contributed by atoms with Crippen LogP contribution in [0.2, 0.25) is 0 Å². The Bertz CT molecular complexity index is 189.